The van der Waals surface area contributed by atoms with Gasteiger partial charge >= 0.3 is 12.1 Å². The maximum absolute atomic E-state index is 13.8. The Kier molecular flexibility index (Phi) is 7.95. The molecule has 3 aliphatic rings. The second-order valence-electron chi connectivity index (χ2n) is 11.3. The molecule has 9 nitrogen and oxygen atoms in total. The summed E-state index contributed by atoms with van der Waals surface area (Å²) in [6, 6.07) is 25.7. The van der Waals surface area contributed by atoms with Crippen LogP contribution >= 0.6 is 0 Å². The molecule has 0 spiro atoms. The van der Waals surface area contributed by atoms with Crippen LogP contribution in [0.2, 0.25) is 0 Å². The zero-order valence-corrected chi connectivity index (χ0v) is 23.3. The third-order valence-corrected chi connectivity index (χ3v) is 8.73. The number of benzene rings is 3. The third-order valence-electron chi connectivity index (χ3n) is 8.73. The smallest absolute Gasteiger partial charge is 0.408 e. The monoisotopic (exact) mass is 569 g/mol. The van der Waals surface area contributed by atoms with Gasteiger partial charge in [-0.3, -0.25) is 9.69 Å². The summed E-state index contributed by atoms with van der Waals surface area (Å²) < 4.78 is 11.1. The highest BCUT2D eigenvalue weighted by atomic mass is 16.5. The number of rotatable bonds is 8. The lowest BCUT2D eigenvalue weighted by molar-refractivity contribution is -0.148. The van der Waals surface area contributed by atoms with Crippen molar-refractivity contribution in [2.75, 3.05) is 26.3 Å². The van der Waals surface area contributed by atoms with Crippen LogP contribution in [0.1, 0.15) is 41.9 Å². The highest BCUT2D eigenvalue weighted by molar-refractivity contribution is 5.91. The predicted molar refractivity (Wildman–Crippen MR) is 156 cm³/mol. The number of nitrogens with zero attached hydrogens (tertiary/aromatic N) is 1. The van der Waals surface area contributed by atoms with Gasteiger partial charge in [0.2, 0.25) is 5.91 Å². The number of hydrogen-bond donors (Lipinski definition) is 3. The summed E-state index contributed by atoms with van der Waals surface area (Å²) in [6.07, 6.45) is -0.661. The van der Waals surface area contributed by atoms with Gasteiger partial charge < -0.3 is 25.2 Å². The minimum atomic E-state index is -1.23. The van der Waals surface area contributed by atoms with Crippen molar-refractivity contribution in [3.63, 3.8) is 0 Å². The van der Waals surface area contributed by atoms with Gasteiger partial charge in [0, 0.05) is 32.2 Å². The van der Waals surface area contributed by atoms with Crippen LogP contribution in [0.25, 0.3) is 11.1 Å². The number of aliphatic carboxylic acids is 1. The van der Waals surface area contributed by atoms with Gasteiger partial charge in [-0.15, -0.1) is 0 Å². The Morgan fingerprint density at radius 1 is 0.905 bits per heavy atom. The lowest BCUT2D eigenvalue weighted by Crippen LogP contribution is -2.65. The van der Waals surface area contributed by atoms with E-state index in [2.05, 4.69) is 51.9 Å². The minimum Gasteiger partial charge on any atom is -0.479 e. The first-order valence-corrected chi connectivity index (χ1v) is 14.5. The van der Waals surface area contributed by atoms with Crippen molar-refractivity contribution >= 4 is 18.0 Å². The number of nitrogens with one attached hydrogen (secondary N) is 2. The fourth-order valence-corrected chi connectivity index (χ4v) is 6.46. The molecule has 2 fully saturated rings. The molecular weight excluding hydrogens is 534 g/mol. The van der Waals surface area contributed by atoms with Gasteiger partial charge in [-0.05, 0) is 47.1 Å². The van der Waals surface area contributed by atoms with Gasteiger partial charge in [0.15, 0.2) is 6.10 Å². The fraction of sp³-hybridized carbons (Fsp3) is 0.364. The number of carboxylic acid groups (broad SMARTS) is 1. The Morgan fingerprint density at radius 2 is 1.52 bits per heavy atom. The maximum Gasteiger partial charge on any atom is 0.408 e. The lowest BCUT2D eigenvalue weighted by atomic mass is 9.85. The Bertz CT molecular complexity index is 1410. The predicted octanol–water partition coefficient (Wildman–Crippen LogP) is 3.92. The summed E-state index contributed by atoms with van der Waals surface area (Å²) in [7, 11) is 0. The molecule has 6 rings (SSSR count). The summed E-state index contributed by atoms with van der Waals surface area (Å²) in [5, 5.41) is 15.3. The zero-order chi connectivity index (χ0) is 29.1. The van der Waals surface area contributed by atoms with Crippen LogP contribution in [0.15, 0.2) is 78.9 Å². The van der Waals surface area contributed by atoms with E-state index in [0.717, 1.165) is 28.8 Å². The highest BCUT2D eigenvalue weighted by Gasteiger charge is 2.46. The number of carboxylic acids is 1. The summed E-state index contributed by atoms with van der Waals surface area (Å²) >= 11 is 0. The van der Waals surface area contributed by atoms with E-state index in [0.29, 0.717) is 32.4 Å². The van der Waals surface area contributed by atoms with Crippen LogP contribution < -0.4 is 10.6 Å². The standard InChI is InChI=1S/C33H35N3O6/c37-30(38)29-28(14-19-41-29)34-31(39)33(15-17-36(18-16-33)20-22-8-2-1-3-9-22)35-32(40)42-21-27-25-12-6-4-10-23(25)24-11-5-7-13-26(24)27/h1-13,27-29H,14-21H2,(H,34,39)(H,35,40)(H,37,38). The van der Waals surface area contributed by atoms with E-state index in [-0.39, 0.29) is 19.1 Å². The number of fused-ring (bicyclic) bond motifs is 3. The SMILES string of the molecule is O=C(NC1(C(=O)NC2CCOC2C(=O)O)CCN(Cc2ccccc2)CC1)OCC1c2ccccc2-c2ccccc21. The molecule has 2 aliphatic heterocycles. The van der Waals surface area contributed by atoms with Gasteiger partial charge in [-0.25, -0.2) is 9.59 Å². The number of carbonyl (C=O) groups excluding carboxylic acids is 2. The molecule has 2 amide bonds. The molecule has 9 heteroatoms. The molecule has 0 aromatic heterocycles. The molecule has 2 heterocycles. The van der Waals surface area contributed by atoms with E-state index in [1.165, 1.54) is 5.56 Å². The number of hydrogen-bond acceptors (Lipinski definition) is 6. The number of ether oxygens (including phenoxy) is 2. The number of piperidine rings is 1. The summed E-state index contributed by atoms with van der Waals surface area (Å²) in [5.41, 5.74) is 4.42. The number of carbonyl (C=O) groups is 3. The van der Waals surface area contributed by atoms with Crippen molar-refractivity contribution in [2.24, 2.45) is 0 Å². The van der Waals surface area contributed by atoms with E-state index in [1.54, 1.807) is 0 Å². The second-order valence-corrected chi connectivity index (χ2v) is 11.3. The van der Waals surface area contributed by atoms with Gasteiger partial charge in [-0.2, -0.15) is 0 Å². The molecule has 3 N–H and O–H groups in total. The molecule has 3 aromatic rings. The van der Waals surface area contributed by atoms with Crippen molar-refractivity contribution < 1.29 is 29.0 Å². The van der Waals surface area contributed by atoms with Crippen molar-refractivity contribution in [1.82, 2.24) is 15.5 Å². The van der Waals surface area contributed by atoms with Gasteiger partial charge in [-0.1, -0.05) is 78.9 Å². The van der Waals surface area contributed by atoms with Crippen LogP contribution in [0.4, 0.5) is 4.79 Å². The van der Waals surface area contributed by atoms with E-state index in [4.69, 9.17) is 9.47 Å². The van der Waals surface area contributed by atoms with Crippen molar-refractivity contribution in [3.05, 3.63) is 95.6 Å². The second kappa shape index (κ2) is 12.0. The molecule has 2 unspecified atom stereocenters. The highest BCUT2D eigenvalue weighted by Crippen LogP contribution is 2.44. The molecule has 3 aromatic carbocycles. The van der Waals surface area contributed by atoms with E-state index < -0.39 is 35.7 Å². The zero-order valence-electron chi connectivity index (χ0n) is 23.3. The Hall–Kier alpha value is -4.21. The quantitative estimate of drug-likeness (QED) is 0.377. The van der Waals surface area contributed by atoms with E-state index >= 15 is 0 Å². The molecule has 0 saturated carbocycles. The largest absolute Gasteiger partial charge is 0.479 e. The Labute approximate surface area is 244 Å². The lowest BCUT2D eigenvalue weighted by Gasteiger charge is -2.41. The molecule has 0 radical (unpaired) electrons. The average molecular weight is 570 g/mol. The molecule has 0 bridgehead atoms. The Balaban J connectivity index is 1.16. The van der Waals surface area contributed by atoms with Crippen LogP contribution in [-0.2, 0) is 25.6 Å². The first-order valence-electron chi connectivity index (χ1n) is 14.5. The number of alkyl carbamates (subject to hydrolysis) is 1. The summed E-state index contributed by atoms with van der Waals surface area (Å²) in [5.74, 6) is -1.63. The maximum atomic E-state index is 13.8. The Morgan fingerprint density at radius 3 is 2.17 bits per heavy atom. The van der Waals surface area contributed by atoms with Gasteiger partial charge in [0.05, 0.1) is 6.04 Å². The van der Waals surface area contributed by atoms with Gasteiger partial charge in [0.1, 0.15) is 12.1 Å². The van der Waals surface area contributed by atoms with E-state index in [9.17, 15) is 19.5 Å². The molecule has 1 aliphatic carbocycles. The molecular formula is C33H35N3O6. The first-order chi connectivity index (χ1) is 20.4. The van der Waals surface area contributed by atoms with Crippen LogP contribution in [0, 0.1) is 0 Å². The van der Waals surface area contributed by atoms with E-state index in [1.807, 2.05) is 42.5 Å². The molecule has 2 saturated heterocycles. The summed E-state index contributed by atoms with van der Waals surface area (Å²) in [6.45, 7) is 2.28. The molecule has 2 atom stereocenters. The summed E-state index contributed by atoms with van der Waals surface area (Å²) in [4.78, 5) is 41.0. The first kappa shape index (κ1) is 27.9. The molecule has 218 valence electrons. The number of amides is 2. The normalized spacial score (nSPS) is 21.2. The van der Waals surface area contributed by atoms with Crippen LogP contribution in [0.5, 0.6) is 0 Å². The molecule has 42 heavy (non-hydrogen) atoms. The number of likely N-dealkylation sites (tertiary alicyclic amines) is 1. The van der Waals surface area contributed by atoms with Crippen molar-refractivity contribution in [3.8, 4) is 11.1 Å². The van der Waals surface area contributed by atoms with Crippen LogP contribution in [-0.4, -0.2) is 72.0 Å². The third kappa shape index (κ3) is 5.62. The van der Waals surface area contributed by atoms with Crippen LogP contribution in [0.3, 0.4) is 0 Å². The van der Waals surface area contributed by atoms with Gasteiger partial charge in [0.25, 0.3) is 0 Å². The fourth-order valence-electron chi connectivity index (χ4n) is 6.46. The van der Waals surface area contributed by atoms with Crippen molar-refractivity contribution in [1.29, 1.82) is 0 Å². The average Bonchev–Trinajstić information content (AvgIpc) is 3.60. The topological polar surface area (TPSA) is 117 Å². The van der Waals surface area contributed by atoms with Crippen molar-refractivity contribution in [2.45, 2.75) is 49.4 Å². The minimum absolute atomic E-state index is 0.104.